The highest BCUT2D eigenvalue weighted by Crippen LogP contribution is 2.13. The van der Waals surface area contributed by atoms with Crippen LogP contribution in [0.25, 0.3) is 0 Å². The van der Waals surface area contributed by atoms with Crippen LogP contribution in [-0.2, 0) is 4.79 Å². The van der Waals surface area contributed by atoms with Crippen molar-refractivity contribution >= 4 is 18.4 Å². The standard InChI is InChI=1S/C7H15NO2.ClH/c1-4-7(5-2,8-3)6(9)10;/h8H,4-5H2,1-3H3,(H,9,10);1H. The number of likely N-dealkylation sites (N-methyl/N-ethyl adjacent to an activating group) is 1. The summed E-state index contributed by atoms with van der Waals surface area (Å²) in [5, 5.41) is 11.6. The lowest BCUT2D eigenvalue weighted by atomic mass is 9.93. The molecule has 0 radical (unpaired) electrons. The molecule has 0 bridgehead atoms. The monoisotopic (exact) mass is 181 g/mol. The Morgan fingerprint density at radius 3 is 1.82 bits per heavy atom. The second-order valence-corrected chi connectivity index (χ2v) is 2.34. The smallest absolute Gasteiger partial charge is 0.323 e. The molecule has 0 aliphatic rings. The van der Waals surface area contributed by atoms with Crippen LogP contribution in [0.5, 0.6) is 0 Å². The molecular formula is C7H16ClNO2. The van der Waals surface area contributed by atoms with Crippen molar-refractivity contribution in [3.63, 3.8) is 0 Å². The van der Waals surface area contributed by atoms with Crippen molar-refractivity contribution in [3.05, 3.63) is 0 Å². The second kappa shape index (κ2) is 5.38. The maximum Gasteiger partial charge on any atom is 0.323 e. The Hall–Kier alpha value is -0.280. The van der Waals surface area contributed by atoms with Gasteiger partial charge in [-0.25, -0.2) is 0 Å². The van der Waals surface area contributed by atoms with Crippen LogP contribution in [0.1, 0.15) is 26.7 Å². The maximum atomic E-state index is 10.7. The van der Waals surface area contributed by atoms with Crippen LogP contribution < -0.4 is 5.32 Å². The van der Waals surface area contributed by atoms with Crippen molar-refractivity contribution in [1.29, 1.82) is 0 Å². The van der Waals surface area contributed by atoms with E-state index in [-0.39, 0.29) is 12.4 Å². The van der Waals surface area contributed by atoms with E-state index in [1.807, 2.05) is 13.8 Å². The van der Waals surface area contributed by atoms with Gasteiger partial charge in [0.15, 0.2) is 0 Å². The van der Waals surface area contributed by atoms with Crippen LogP contribution >= 0.6 is 12.4 Å². The number of aliphatic carboxylic acids is 1. The number of carboxylic acids is 1. The summed E-state index contributed by atoms with van der Waals surface area (Å²) in [5.74, 6) is -0.764. The predicted octanol–water partition coefficient (Wildman–Crippen LogP) is 1.27. The quantitative estimate of drug-likeness (QED) is 0.687. The van der Waals surface area contributed by atoms with Gasteiger partial charge in [-0.1, -0.05) is 13.8 Å². The van der Waals surface area contributed by atoms with Crippen molar-refractivity contribution in [3.8, 4) is 0 Å². The van der Waals surface area contributed by atoms with Crippen LogP contribution in [-0.4, -0.2) is 23.7 Å². The summed E-state index contributed by atoms with van der Waals surface area (Å²) in [5.41, 5.74) is -0.708. The third-order valence-corrected chi connectivity index (χ3v) is 2.10. The largest absolute Gasteiger partial charge is 0.480 e. The Morgan fingerprint density at radius 1 is 1.45 bits per heavy atom. The van der Waals surface area contributed by atoms with Crippen molar-refractivity contribution in [2.24, 2.45) is 0 Å². The molecular weight excluding hydrogens is 166 g/mol. The van der Waals surface area contributed by atoms with Gasteiger partial charge in [-0.3, -0.25) is 4.79 Å². The molecule has 0 amide bonds. The first kappa shape index (κ1) is 13.3. The van der Waals surface area contributed by atoms with Gasteiger partial charge >= 0.3 is 5.97 Å². The average Bonchev–Trinajstić information content (AvgIpc) is 1.92. The molecule has 0 heterocycles. The Bertz CT molecular complexity index is 115. The Balaban J connectivity index is 0. The van der Waals surface area contributed by atoms with Crippen molar-refractivity contribution in [1.82, 2.24) is 5.32 Å². The summed E-state index contributed by atoms with van der Waals surface area (Å²) < 4.78 is 0. The van der Waals surface area contributed by atoms with E-state index in [4.69, 9.17) is 5.11 Å². The fourth-order valence-corrected chi connectivity index (χ4v) is 1.01. The van der Waals surface area contributed by atoms with Crippen LogP contribution in [0.15, 0.2) is 0 Å². The molecule has 0 aliphatic carbocycles. The first-order valence-corrected chi connectivity index (χ1v) is 3.55. The normalized spacial score (nSPS) is 10.5. The Labute approximate surface area is 73.6 Å². The number of hydrogen-bond acceptors (Lipinski definition) is 2. The zero-order chi connectivity index (χ0) is 8.20. The maximum absolute atomic E-state index is 10.7. The summed E-state index contributed by atoms with van der Waals surface area (Å²) in [6.07, 6.45) is 1.24. The number of halogens is 1. The molecule has 0 fully saturated rings. The lowest BCUT2D eigenvalue weighted by Gasteiger charge is -2.25. The zero-order valence-corrected chi connectivity index (χ0v) is 7.99. The first-order valence-electron chi connectivity index (χ1n) is 3.55. The zero-order valence-electron chi connectivity index (χ0n) is 7.18. The SMILES string of the molecule is CCC(CC)(NC)C(=O)O.Cl. The molecule has 0 saturated heterocycles. The average molecular weight is 182 g/mol. The van der Waals surface area contributed by atoms with Crippen LogP contribution in [0.3, 0.4) is 0 Å². The van der Waals surface area contributed by atoms with Gasteiger partial charge in [0.2, 0.25) is 0 Å². The molecule has 0 spiro atoms. The summed E-state index contributed by atoms with van der Waals surface area (Å²) in [6, 6.07) is 0. The molecule has 0 aliphatic heterocycles. The van der Waals surface area contributed by atoms with E-state index in [1.165, 1.54) is 0 Å². The number of rotatable bonds is 4. The van der Waals surface area contributed by atoms with Gasteiger partial charge in [0.25, 0.3) is 0 Å². The Kier molecular flexibility index (Phi) is 6.52. The lowest BCUT2D eigenvalue weighted by molar-refractivity contribution is -0.145. The summed E-state index contributed by atoms with van der Waals surface area (Å²) in [6.45, 7) is 3.74. The van der Waals surface area contributed by atoms with E-state index in [1.54, 1.807) is 7.05 Å². The number of nitrogens with one attached hydrogen (secondary N) is 1. The molecule has 0 aromatic carbocycles. The van der Waals surface area contributed by atoms with E-state index in [9.17, 15) is 4.79 Å². The molecule has 0 aromatic rings. The van der Waals surface area contributed by atoms with Gasteiger partial charge in [0.05, 0.1) is 0 Å². The topological polar surface area (TPSA) is 49.3 Å². The molecule has 11 heavy (non-hydrogen) atoms. The van der Waals surface area contributed by atoms with Crippen molar-refractivity contribution in [2.75, 3.05) is 7.05 Å². The van der Waals surface area contributed by atoms with Gasteiger partial charge in [-0.05, 0) is 19.9 Å². The predicted molar refractivity (Wildman–Crippen MR) is 47.3 cm³/mol. The summed E-state index contributed by atoms with van der Waals surface area (Å²) in [7, 11) is 1.68. The minimum Gasteiger partial charge on any atom is -0.480 e. The highest BCUT2D eigenvalue weighted by Gasteiger charge is 2.32. The first-order chi connectivity index (χ1) is 4.63. The minimum absolute atomic E-state index is 0. The fourth-order valence-electron chi connectivity index (χ4n) is 1.01. The van der Waals surface area contributed by atoms with Crippen LogP contribution in [0.4, 0.5) is 0 Å². The number of carboxylic acid groups (broad SMARTS) is 1. The minimum atomic E-state index is -0.764. The highest BCUT2D eigenvalue weighted by atomic mass is 35.5. The number of carbonyl (C=O) groups is 1. The second-order valence-electron chi connectivity index (χ2n) is 2.34. The molecule has 0 aromatic heterocycles. The van der Waals surface area contributed by atoms with Crippen LogP contribution in [0, 0.1) is 0 Å². The Morgan fingerprint density at radius 2 is 1.82 bits per heavy atom. The van der Waals surface area contributed by atoms with Gasteiger partial charge in [-0.15, -0.1) is 12.4 Å². The molecule has 0 saturated carbocycles. The third-order valence-electron chi connectivity index (χ3n) is 2.10. The lowest BCUT2D eigenvalue weighted by Crippen LogP contribution is -2.49. The molecule has 3 nitrogen and oxygen atoms in total. The van der Waals surface area contributed by atoms with Gasteiger partial charge in [-0.2, -0.15) is 0 Å². The molecule has 68 valence electrons. The summed E-state index contributed by atoms with van der Waals surface area (Å²) in [4.78, 5) is 10.7. The van der Waals surface area contributed by atoms with E-state index < -0.39 is 11.5 Å². The molecule has 2 N–H and O–H groups in total. The van der Waals surface area contributed by atoms with Gasteiger partial charge in [0, 0.05) is 0 Å². The van der Waals surface area contributed by atoms with E-state index in [0.717, 1.165) is 0 Å². The van der Waals surface area contributed by atoms with Crippen LogP contribution in [0.2, 0.25) is 0 Å². The molecule has 4 heteroatoms. The van der Waals surface area contributed by atoms with Gasteiger partial charge < -0.3 is 10.4 Å². The molecule has 0 atom stereocenters. The third kappa shape index (κ3) is 2.67. The van der Waals surface area contributed by atoms with Crippen molar-refractivity contribution < 1.29 is 9.90 Å². The van der Waals surface area contributed by atoms with E-state index in [0.29, 0.717) is 12.8 Å². The highest BCUT2D eigenvalue weighted by molar-refractivity contribution is 5.85. The van der Waals surface area contributed by atoms with Crippen molar-refractivity contribution in [2.45, 2.75) is 32.2 Å². The van der Waals surface area contributed by atoms with E-state index in [2.05, 4.69) is 5.32 Å². The molecule has 0 unspecified atom stereocenters. The number of hydrogen-bond donors (Lipinski definition) is 2. The van der Waals surface area contributed by atoms with E-state index >= 15 is 0 Å². The summed E-state index contributed by atoms with van der Waals surface area (Å²) >= 11 is 0. The van der Waals surface area contributed by atoms with Gasteiger partial charge in [0.1, 0.15) is 5.54 Å². The molecule has 0 rings (SSSR count). The fraction of sp³-hybridized carbons (Fsp3) is 0.857.